The fourth-order valence-electron chi connectivity index (χ4n) is 2.49. The van der Waals surface area contributed by atoms with Crippen LogP contribution in [0.5, 0.6) is 5.75 Å². The fraction of sp³-hybridized carbons (Fsp3) is 0.312. The molecule has 1 aromatic carbocycles. The van der Waals surface area contributed by atoms with Gasteiger partial charge in [0.05, 0.1) is 11.3 Å². The highest BCUT2D eigenvalue weighted by molar-refractivity contribution is 5.75. The highest BCUT2D eigenvalue weighted by atomic mass is 16.6. The monoisotopic (exact) mass is 334 g/mol. The molecular weight excluding hydrogens is 316 g/mol. The lowest BCUT2D eigenvalue weighted by Gasteiger charge is -2.23. The molecule has 0 atom stereocenters. The zero-order valence-corrected chi connectivity index (χ0v) is 13.3. The van der Waals surface area contributed by atoms with Crippen molar-refractivity contribution in [1.82, 2.24) is 4.90 Å². The van der Waals surface area contributed by atoms with Crippen LogP contribution in [-0.4, -0.2) is 32.6 Å². The molecule has 0 spiro atoms. The third-order valence-electron chi connectivity index (χ3n) is 3.54. The lowest BCUT2D eigenvalue weighted by molar-refractivity contribution is -0.385. The summed E-state index contributed by atoms with van der Waals surface area (Å²) in [5.41, 5.74) is 0.417. The number of nitrogens with zero attached hydrogens (tertiary/aromatic N) is 2. The summed E-state index contributed by atoms with van der Waals surface area (Å²) in [7, 11) is 0. The van der Waals surface area contributed by atoms with Gasteiger partial charge in [-0.2, -0.15) is 0 Å². The first-order valence-electron chi connectivity index (χ1n) is 7.34. The van der Waals surface area contributed by atoms with Crippen molar-refractivity contribution in [3.05, 3.63) is 52.0 Å². The first-order valence-corrected chi connectivity index (χ1v) is 7.34. The predicted molar refractivity (Wildman–Crippen MR) is 86.0 cm³/mol. The van der Waals surface area contributed by atoms with Crippen LogP contribution in [0.1, 0.15) is 37.3 Å². The Kier molecular flexibility index (Phi) is 5.08. The standard InChI is InChI=1S/C16H18N2O6/c1-10(2)15-12(19)4-3-11(18(22)23)16(15)13-9-17(7-8-24-13)6-5-14(20)21/h3-4,7-10,19H,5-6H2,1-2H3,(H,20,21). The van der Waals surface area contributed by atoms with Crippen molar-refractivity contribution in [2.24, 2.45) is 0 Å². The number of carbonyl (C=O) groups is 1. The third-order valence-corrected chi connectivity index (χ3v) is 3.54. The van der Waals surface area contributed by atoms with Crippen molar-refractivity contribution in [2.75, 3.05) is 6.54 Å². The maximum absolute atomic E-state index is 11.4. The van der Waals surface area contributed by atoms with Crippen LogP contribution in [0.2, 0.25) is 0 Å². The number of hydrogen-bond donors (Lipinski definition) is 2. The molecule has 0 aliphatic carbocycles. The van der Waals surface area contributed by atoms with Gasteiger partial charge in [-0.3, -0.25) is 14.9 Å². The minimum absolute atomic E-state index is 0.0539. The number of carboxylic acids is 1. The Morgan fingerprint density at radius 1 is 1.42 bits per heavy atom. The number of nitro groups is 1. The van der Waals surface area contributed by atoms with E-state index in [-0.39, 0.29) is 41.6 Å². The summed E-state index contributed by atoms with van der Waals surface area (Å²) in [6, 6.07) is 2.51. The molecule has 1 aliphatic rings. The van der Waals surface area contributed by atoms with Gasteiger partial charge in [0.2, 0.25) is 0 Å². The molecule has 8 nitrogen and oxygen atoms in total. The van der Waals surface area contributed by atoms with Crippen LogP contribution in [-0.2, 0) is 9.53 Å². The SMILES string of the molecule is CC(C)c1c(O)ccc([N+](=O)[O-])c1C1=CN(CCC(=O)O)C=CO1. The molecule has 1 aromatic rings. The average Bonchev–Trinajstić information content (AvgIpc) is 2.52. The van der Waals surface area contributed by atoms with Crippen LogP contribution < -0.4 is 0 Å². The molecule has 0 amide bonds. The van der Waals surface area contributed by atoms with Crippen molar-refractivity contribution in [3.63, 3.8) is 0 Å². The number of aromatic hydroxyl groups is 1. The van der Waals surface area contributed by atoms with Crippen LogP contribution in [0.25, 0.3) is 5.76 Å². The van der Waals surface area contributed by atoms with E-state index >= 15 is 0 Å². The number of ether oxygens (including phenoxy) is 1. The van der Waals surface area contributed by atoms with Gasteiger partial charge in [0.1, 0.15) is 17.6 Å². The smallest absolute Gasteiger partial charge is 0.305 e. The number of phenolic OH excluding ortho intramolecular Hbond substituents is 1. The first-order chi connectivity index (χ1) is 11.3. The molecule has 0 bridgehead atoms. The van der Waals surface area contributed by atoms with E-state index in [1.54, 1.807) is 4.90 Å². The predicted octanol–water partition coefficient (Wildman–Crippen LogP) is 3.00. The maximum atomic E-state index is 11.4. The molecule has 0 fully saturated rings. The number of hydrogen-bond acceptors (Lipinski definition) is 6. The molecule has 0 saturated heterocycles. The number of benzene rings is 1. The quantitative estimate of drug-likeness (QED) is 0.607. The van der Waals surface area contributed by atoms with Crippen molar-refractivity contribution in [3.8, 4) is 5.75 Å². The number of aliphatic carboxylic acids is 1. The van der Waals surface area contributed by atoms with E-state index in [4.69, 9.17) is 9.84 Å². The molecule has 2 N–H and O–H groups in total. The zero-order chi connectivity index (χ0) is 17.9. The van der Waals surface area contributed by atoms with Crippen molar-refractivity contribution < 1.29 is 24.7 Å². The van der Waals surface area contributed by atoms with Crippen LogP contribution in [0.4, 0.5) is 5.69 Å². The number of rotatable bonds is 6. The summed E-state index contributed by atoms with van der Waals surface area (Å²) < 4.78 is 5.41. The van der Waals surface area contributed by atoms with E-state index in [9.17, 15) is 20.0 Å². The minimum Gasteiger partial charge on any atom is -0.508 e. The summed E-state index contributed by atoms with van der Waals surface area (Å²) in [5.74, 6) is -0.991. The largest absolute Gasteiger partial charge is 0.508 e. The molecule has 2 rings (SSSR count). The molecule has 8 heteroatoms. The third kappa shape index (κ3) is 3.65. The van der Waals surface area contributed by atoms with E-state index in [1.165, 1.54) is 30.8 Å². The van der Waals surface area contributed by atoms with Crippen molar-refractivity contribution in [2.45, 2.75) is 26.2 Å². The van der Waals surface area contributed by atoms with Gasteiger partial charge in [-0.1, -0.05) is 13.8 Å². The van der Waals surface area contributed by atoms with E-state index < -0.39 is 10.9 Å². The average molecular weight is 334 g/mol. The van der Waals surface area contributed by atoms with E-state index in [0.29, 0.717) is 5.56 Å². The Balaban J connectivity index is 2.51. The number of phenols is 1. The Morgan fingerprint density at radius 2 is 2.12 bits per heavy atom. The molecule has 128 valence electrons. The van der Waals surface area contributed by atoms with Crippen LogP contribution in [0.15, 0.2) is 30.8 Å². The first kappa shape index (κ1) is 17.3. The van der Waals surface area contributed by atoms with E-state index in [2.05, 4.69) is 0 Å². The van der Waals surface area contributed by atoms with E-state index in [0.717, 1.165) is 0 Å². The van der Waals surface area contributed by atoms with Gasteiger partial charge in [0.15, 0.2) is 5.76 Å². The summed E-state index contributed by atoms with van der Waals surface area (Å²) in [6.07, 6.45) is 4.27. The Labute approximate surface area is 138 Å². The summed E-state index contributed by atoms with van der Waals surface area (Å²) in [6.45, 7) is 3.82. The number of nitro benzene ring substituents is 1. The van der Waals surface area contributed by atoms with Gasteiger partial charge >= 0.3 is 5.97 Å². The second-order valence-electron chi connectivity index (χ2n) is 5.58. The Bertz CT molecular complexity index is 724. The molecule has 0 aromatic heterocycles. The van der Waals surface area contributed by atoms with Gasteiger partial charge in [-0.05, 0) is 12.0 Å². The molecule has 24 heavy (non-hydrogen) atoms. The lowest BCUT2D eigenvalue weighted by atomic mass is 9.93. The molecule has 1 heterocycles. The Morgan fingerprint density at radius 3 is 2.71 bits per heavy atom. The molecule has 0 unspecified atom stereocenters. The van der Waals surface area contributed by atoms with Gasteiger partial charge in [0, 0.05) is 30.6 Å². The normalized spacial score (nSPS) is 13.6. The van der Waals surface area contributed by atoms with Crippen molar-refractivity contribution >= 4 is 17.4 Å². The second-order valence-corrected chi connectivity index (χ2v) is 5.58. The van der Waals surface area contributed by atoms with Crippen LogP contribution in [0, 0.1) is 10.1 Å². The molecule has 0 radical (unpaired) electrons. The zero-order valence-electron chi connectivity index (χ0n) is 13.3. The second kappa shape index (κ2) is 7.03. The van der Waals surface area contributed by atoms with Gasteiger partial charge in [-0.25, -0.2) is 0 Å². The van der Waals surface area contributed by atoms with Gasteiger partial charge < -0.3 is 19.8 Å². The van der Waals surface area contributed by atoms with Crippen LogP contribution in [0.3, 0.4) is 0 Å². The lowest BCUT2D eigenvalue weighted by Crippen LogP contribution is -2.18. The molecule has 0 saturated carbocycles. The van der Waals surface area contributed by atoms with Gasteiger partial charge in [-0.15, -0.1) is 0 Å². The fourth-order valence-corrected chi connectivity index (χ4v) is 2.49. The summed E-state index contributed by atoms with van der Waals surface area (Å²) in [4.78, 5) is 23.1. The highest BCUT2D eigenvalue weighted by Gasteiger charge is 2.27. The van der Waals surface area contributed by atoms with Gasteiger partial charge in [0.25, 0.3) is 5.69 Å². The maximum Gasteiger partial charge on any atom is 0.305 e. The highest BCUT2D eigenvalue weighted by Crippen LogP contribution is 2.40. The van der Waals surface area contributed by atoms with Crippen LogP contribution >= 0.6 is 0 Å². The van der Waals surface area contributed by atoms with Crippen molar-refractivity contribution in [1.29, 1.82) is 0 Å². The summed E-state index contributed by atoms with van der Waals surface area (Å²) in [5, 5.41) is 30.3. The topological polar surface area (TPSA) is 113 Å². The minimum atomic E-state index is -0.948. The Hall–Kier alpha value is -3.03. The molecule has 1 aliphatic heterocycles. The van der Waals surface area contributed by atoms with E-state index in [1.807, 2.05) is 13.8 Å². The number of carboxylic acid groups (broad SMARTS) is 1. The molecular formula is C16H18N2O6. The summed E-state index contributed by atoms with van der Waals surface area (Å²) >= 11 is 0.